The number of sulfonamides is 1. The number of aryl methyl sites for hydroxylation is 2. The third-order valence-corrected chi connectivity index (χ3v) is 6.50. The van der Waals surface area contributed by atoms with Gasteiger partial charge >= 0.3 is 11.8 Å². The second kappa shape index (κ2) is 7.94. The summed E-state index contributed by atoms with van der Waals surface area (Å²) in [5, 5.41) is 7.71. The van der Waals surface area contributed by atoms with Crippen LogP contribution in [0.15, 0.2) is 39.8 Å². The normalized spacial score (nSPS) is 14.3. The van der Waals surface area contributed by atoms with Gasteiger partial charge in [0.1, 0.15) is 10.6 Å². The van der Waals surface area contributed by atoms with Gasteiger partial charge < -0.3 is 14.3 Å². The summed E-state index contributed by atoms with van der Waals surface area (Å²) in [5.41, 5.74) is 2.66. The molecule has 1 amide bonds. The van der Waals surface area contributed by atoms with Gasteiger partial charge in [-0.05, 0) is 43.4 Å². The van der Waals surface area contributed by atoms with Crippen molar-refractivity contribution in [3.8, 4) is 11.6 Å². The topological polar surface area (TPSA) is 121 Å². The van der Waals surface area contributed by atoms with E-state index < -0.39 is 10.0 Å². The van der Waals surface area contributed by atoms with Crippen LogP contribution in [-0.2, 0) is 16.4 Å². The number of hydrogen-bond donors (Lipinski definition) is 2. The summed E-state index contributed by atoms with van der Waals surface area (Å²) in [6, 6.07) is 7.06. The number of carbonyl (C=O) groups is 1. The molecule has 1 aromatic carbocycles. The molecule has 0 spiro atoms. The highest BCUT2D eigenvalue weighted by Crippen LogP contribution is 2.27. The molecule has 158 valence electrons. The zero-order chi connectivity index (χ0) is 21.3. The molecule has 0 radical (unpaired) electrons. The van der Waals surface area contributed by atoms with Crippen LogP contribution in [0.5, 0.6) is 0 Å². The molecule has 30 heavy (non-hydrogen) atoms. The minimum Gasteiger partial charge on any atom is -0.411 e. The van der Waals surface area contributed by atoms with E-state index in [9.17, 15) is 13.2 Å². The number of H-pyrrole nitrogens is 1. The molecule has 9 nitrogen and oxygen atoms in total. The second-order valence-corrected chi connectivity index (χ2v) is 8.91. The van der Waals surface area contributed by atoms with E-state index in [0.29, 0.717) is 30.9 Å². The van der Waals surface area contributed by atoms with Gasteiger partial charge in [-0.1, -0.05) is 25.1 Å². The molecule has 1 saturated heterocycles. The summed E-state index contributed by atoms with van der Waals surface area (Å²) in [6.45, 7) is 5.17. The van der Waals surface area contributed by atoms with E-state index in [4.69, 9.17) is 4.42 Å². The summed E-state index contributed by atoms with van der Waals surface area (Å²) in [4.78, 5) is 16.9. The number of rotatable bonds is 6. The predicted molar refractivity (Wildman–Crippen MR) is 111 cm³/mol. The van der Waals surface area contributed by atoms with E-state index in [0.717, 1.165) is 24.0 Å². The van der Waals surface area contributed by atoms with E-state index >= 15 is 0 Å². The van der Waals surface area contributed by atoms with Crippen LogP contribution in [0, 0.1) is 6.92 Å². The number of nitrogens with one attached hydrogen (secondary N) is 2. The van der Waals surface area contributed by atoms with Gasteiger partial charge in [0.25, 0.3) is 15.9 Å². The number of aromatic amines is 1. The summed E-state index contributed by atoms with van der Waals surface area (Å²) < 4.78 is 33.9. The van der Waals surface area contributed by atoms with Crippen LogP contribution in [0.25, 0.3) is 11.6 Å². The molecule has 2 aromatic heterocycles. The van der Waals surface area contributed by atoms with Crippen LogP contribution < -0.4 is 4.72 Å². The van der Waals surface area contributed by atoms with Gasteiger partial charge in [0.2, 0.25) is 0 Å². The third kappa shape index (κ3) is 3.82. The summed E-state index contributed by atoms with van der Waals surface area (Å²) >= 11 is 0. The molecule has 3 aromatic rings. The van der Waals surface area contributed by atoms with Crippen molar-refractivity contribution in [3.05, 3.63) is 47.5 Å². The summed E-state index contributed by atoms with van der Waals surface area (Å²) in [6.07, 6.45) is 3.97. The Bertz CT molecular complexity index is 1180. The van der Waals surface area contributed by atoms with E-state index in [1.165, 1.54) is 12.3 Å². The van der Waals surface area contributed by atoms with Crippen LogP contribution in [-0.4, -0.2) is 47.5 Å². The average molecular weight is 430 g/mol. The Morgan fingerprint density at radius 1 is 1.27 bits per heavy atom. The number of nitrogens with zero attached hydrogens (tertiary/aromatic N) is 3. The highest BCUT2D eigenvalue weighted by Gasteiger charge is 2.26. The summed E-state index contributed by atoms with van der Waals surface area (Å²) in [7, 11) is -3.82. The molecular weight excluding hydrogens is 406 g/mol. The number of aromatic nitrogens is 3. The second-order valence-electron chi connectivity index (χ2n) is 7.23. The number of amides is 1. The van der Waals surface area contributed by atoms with Gasteiger partial charge in [0, 0.05) is 19.3 Å². The SMILES string of the molecule is CCc1cccc(C)c1NS(=O)(=O)c1c[nH]c(-c2nnc(C(=O)N3CCCC3)o2)c1. The highest BCUT2D eigenvalue weighted by atomic mass is 32.2. The number of anilines is 1. The number of carbonyl (C=O) groups excluding carboxylic acids is 1. The molecule has 4 rings (SSSR count). The Morgan fingerprint density at radius 3 is 2.77 bits per heavy atom. The molecular formula is C20H23N5O4S. The van der Waals surface area contributed by atoms with Crippen molar-refractivity contribution in [2.75, 3.05) is 17.8 Å². The van der Waals surface area contributed by atoms with E-state index in [2.05, 4.69) is 19.9 Å². The van der Waals surface area contributed by atoms with E-state index in [1.54, 1.807) is 4.90 Å². The zero-order valence-electron chi connectivity index (χ0n) is 16.8. The number of benzene rings is 1. The Labute approximate surface area is 174 Å². The van der Waals surface area contributed by atoms with Crippen LogP contribution in [0.2, 0.25) is 0 Å². The molecule has 3 heterocycles. The van der Waals surface area contributed by atoms with E-state index in [1.807, 2.05) is 32.0 Å². The number of hydrogen-bond acceptors (Lipinski definition) is 6. The first kappa shape index (κ1) is 20.1. The number of para-hydroxylation sites is 1. The first-order chi connectivity index (χ1) is 14.4. The van der Waals surface area contributed by atoms with Crippen molar-refractivity contribution >= 4 is 21.6 Å². The molecule has 10 heteroatoms. The Hall–Kier alpha value is -3.14. The first-order valence-corrected chi connectivity index (χ1v) is 11.3. The van der Waals surface area contributed by atoms with Crippen molar-refractivity contribution in [2.24, 2.45) is 0 Å². The Balaban J connectivity index is 1.56. The highest BCUT2D eigenvalue weighted by molar-refractivity contribution is 7.92. The smallest absolute Gasteiger partial charge is 0.311 e. The summed E-state index contributed by atoms with van der Waals surface area (Å²) in [5.74, 6) is -0.348. The van der Waals surface area contributed by atoms with Gasteiger partial charge in [-0.15, -0.1) is 10.2 Å². The fourth-order valence-corrected chi connectivity index (χ4v) is 4.66. The van der Waals surface area contributed by atoms with Gasteiger partial charge in [-0.25, -0.2) is 8.42 Å². The molecule has 0 atom stereocenters. The fourth-order valence-electron chi connectivity index (χ4n) is 3.49. The predicted octanol–water partition coefficient (Wildman–Crippen LogP) is 2.97. The lowest BCUT2D eigenvalue weighted by molar-refractivity contribution is 0.0754. The van der Waals surface area contributed by atoms with Crippen molar-refractivity contribution in [2.45, 2.75) is 38.0 Å². The lowest BCUT2D eigenvalue weighted by Crippen LogP contribution is -2.27. The minimum atomic E-state index is -3.82. The lowest BCUT2D eigenvalue weighted by atomic mass is 10.1. The van der Waals surface area contributed by atoms with E-state index in [-0.39, 0.29) is 22.6 Å². The molecule has 1 aliphatic rings. The molecule has 1 aliphatic heterocycles. The van der Waals surface area contributed by atoms with Gasteiger partial charge in [0.05, 0.1) is 5.69 Å². The molecule has 0 unspecified atom stereocenters. The molecule has 0 aliphatic carbocycles. The zero-order valence-corrected chi connectivity index (χ0v) is 17.6. The minimum absolute atomic E-state index is 0.0356. The Kier molecular flexibility index (Phi) is 5.33. The molecule has 1 fully saturated rings. The number of likely N-dealkylation sites (tertiary alicyclic amines) is 1. The lowest BCUT2D eigenvalue weighted by Gasteiger charge is -2.13. The van der Waals surface area contributed by atoms with Crippen molar-refractivity contribution in [1.29, 1.82) is 0 Å². The monoisotopic (exact) mass is 429 g/mol. The fraction of sp³-hybridized carbons (Fsp3) is 0.350. The Morgan fingerprint density at radius 2 is 2.03 bits per heavy atom. The largest absolute Gasteiger partial charge is 0.411 e. The maximum atomic E-state index is 12.9. The quantitative estimate of drug-likeness (QED) is 0.621. The third-order valence-electron chi connectivity index (χ3n) is 5.17. The standard InChI is InChI=1S/C20H23N5O4S/c1-3-14-8-6-7-13(2)17(14)24-30(27,28)15-11-16(21-12-15)18-22-23-19(29-18)20(26)25-9-4-5-10-25/h6-8,11-12,21,24H,3-5,9-10H2,1-2H3. The van der Waals surface area contributed by atoms with Crippen LogP contribution in [0.1, 0.15) is 41.6 Å². The maximum Gasteiger partial charge on any atom is 0.311 e. The molecule has 0 bridgehead atoms. The molecule has 2 N–H and O–H groups in total. The molecule has 0 saturated carbocycles. The van der Waals surface area contributed by atoms with Crippen LogP contribution in [0.3, 0.4) is 0 Å². The van der Waals surface area contributed by atoms with Crippen molar-refractivity contribution in [3.63, 3.8) is 0 Å². The first-order valence-electron chi connectivity index (χ1n) is 9.82. The van der Waals surface area contributed by atoms with Gasteiger partial charge in [0.15, 0.2) is 0 Å². The van der Waals surface area contributed by atoms with Crippen LogP contribution in [0.4, 0.5) is 5.69 Å². The van der Waals surface area contributed by atoms with Crippen molar-refractivity contribution < 1.29 is 17.6 Å². The van der Waals surface area contributed by atoms with Gasteiger partial charge in [-0.3, -0.25) is 9.52 Å². The maximum absolute atomic E-state index is 12.9. The van der Waals surface area contributed by atoms with Crippen molar-refractivity contribution in [1.82, 2.24) is 20.1 Å². The average Bonchev–Trinajstić information content (AvgIpc) is 3.49. The van der Waals surface area contributed by atoms with Crippen LogP contribution >= 0.6 is 0 Å². The van der Waals surface area contributed by atoms with Gasteiger partial charge in [-0.2, -0.15) is 0 Å².